The van der Waals surface area contributed by atoms with Crippen LogP contribution in [0.1, 0.15) is 12.5 Å². The number of nitrogens with one attached hydrogen (secondary N) is 2. The molecule has 1 amide bonds. The maximum Gasteiger partial charge on any atom is 0.259 e. The number of amides is 1. The molecule has 3 rings (SSSR count). The first kappa shape index (κ1) is 15.8. The zero-order chi connectivity index (χ0) is 16.8. The topological polar surface area (TPSA) is 69.1 Å². The number of pyridine rings is 1. The predicted molar refractivity (Wildman–Crippen MR) is 90.7 cm³/mol. The Morgan fingerprint density at radius 3 is 2.43 bits per heavy atom. The summed E-state index contributed by atoms with van der Waals surface area (Å²) in [6.07, 6.45) is 1.63. The molecule has 0 saturated carbocycles. The van der Waals surface area contributed by atoms with Gasteiger partial charge in [-0.1, -0.05) is 23.2 Å². The van der Waals surface area contributed by atoms with Crippen LogP contribution in [0.2, 0.25) is 10.0 Å². The lowest BCUT2D eigenvalue weighted by Crippen LogP contribution is -2.40. The first-order valence-corrected chi connectivity index (χ1v) is 7.65. The molecule has 0 spiro atoms. The van der Waals surface area contributed by atoms with Gasteiger partial charge in [0.15, 0.2) is 5.96 Å². The number of carbonyl (C=O) groups excluding carboxylic acids is 1. The summed E-state index contributed by atoms with van der Waals surface area (Å²) in [5, 5.41) is 11.8. The fraction of sp³-hybridized carbons (Fsp3) is 0.188. The number of hydrogen-bond donors (Lipinski definition) is 2. The summed E-state index contributed by atoms with van der Waals surface area (Å²) in [6, 6.07) is 8.74. The number of aromatic nitrogens is 1. The number of guanidine groups is 1. The molecule has 2 aromatic rings. The minimum absolute atomic E-state index is 0.0710. The number of rotatable bonds is 2. The summed E-state index contributed by atoms with van der Waals surface area (Å²) in [4.78, 5) is 18.1. The van der Waals surface area contributed by atoms with E-state index in [1.54, 1.807) is 50.5 Å². The second-order valence-corrected chi connectivity index (χ2v) is 6.42. The van der Waals surface area contributed by atoms with E-state index in [0.717, 1.165) is 11.1 Å². The van der Waals surface area contributed by atoms with Crippen LogP contribution in [0.15, 0.2) is 36.5 Å². The Kier molecular flexibility index (Phi) is 3.78. The van der Waals surface area contributed by atoms with E-state index in [-0.39, 0.29) is 11.9 Å². The third-order valence-electron chi connectivity index (χ3n) is 3.93. The third kappa shape index (κ3) is 2.66. The number of halogens is 2. The molecule has 1 unspecified atom stereocenters. The highest BCUT2D eigenvalue weighted by molar-refractivity contribution is 6.35. The lowest BCUT2D eigenvalue weighted by Gasteiger charge is -2.22. The second-order valence-electron chi connectivity index (χ2n) is 5.55. The SMILES string of the molecule is CN1C(=N)NC(C)(c2ccnc(-c3cc(Cl)cc(Cl)c3)c2)C1=O. The van der Waals surface area contributed by atoms with Crippen molar-refractivity contribution in [1.29, 1.82) is 5.41 Å². The average molecular weight is 349 g/mol. The molecule has 1 aromatic heterocycles. The molecule has 1 fully saturated rings. The van der Waals surface area contributed by atoms with Gasteiger partial charge < -0.3 is 5.32 Å². The van der Waals surface area contributed by atoms with Crippen molar-refractivity contribution in [3.63, 3.8) is 0 Å². The van der Waals surface area contributed by atoms with Gasteiger partial charge in [0, 0.05) is 28.9 Å². The van der Waals surface area contributed by atoms with Gasteiger partial charge in [-0.15, -0.1) is 0 Å². The van der Waals surface area contributed by atoms with Crippen molar-refractivity contribution >= 4 is 35.1 Å². The van der Waals surface area contributed by atoms with Gasteiger partial charge in [0.05, 0.1) is 5.69 Å². The molecule has 23 heavy (non-hydrogen) atoms. The first-order valence-electron chi connectivity index (χ1n) is 6.89. The monoisotopic (exact) mass is 348 g/mol. The predicted octanol–water partition coefficient (Wildman–Crippen LogP) is 3.27. The van der Waals surface area contributed by atoms with Crippen molar-refractivity contribution in [2.45, 2.75) is 12.5 Å². The molecule has 118 valence electrons. The van der Waals surface area contributed by atoms with E-state index in [1.165, 1.54) is 4.90 Å². The van der Waals surface area contributed by atoms with E-state index in [4.69, 9.17) is 28.6 Å². The normalized spacial score (nSPS) is 20.8. The van der Waals surface area contributed by atoms with Crippen LogP contribution in [0.5, 0.6) is 0 Å². The molecule has 1 aliphatic rings. The van der Waals surface area contributed by atoms with Crippen molar-refractivity contribution < 1.29 is 4.79 Å². The van der Waals surface area contributed by atoms with Crippen molar-refractivity contribution in [2.75, 3.05) is 7.05 Å². The van der Waals surface area contributed by atoms with E-state index < -0.39 is 5.54 Å². The summed E-state index contributed by atoms with van der Waals surface area (Å²) < 4.78 is 0. The maximum absolute atomic E-state index is 12.5. The van der Waals surface area contributed by atoms with Gasteiger partial charge in [0.25, 0.3) is 5.91 Å². The lowest BCUT2D eigenvalue weighted by molar-refractivity contribution is -0.129. The Bertz CT molecular complexity index is 803. The summed E-state index contributed by atoms with van der Waals surface area (Å²) in [7, 11) is 1.57. The van der Waals surface area contributed by atoms with Gasteiger partial charge in [0.1, 0.15) is 5.54 Å². The van der Waals surface area contributed by atoms with Crippen LogP contribution < -0.4 is 5.32 Å². The Hall–Kier alpha value is -2.11. The standard InChI is InChI=1S/C16H14Cl2N4O/c1-16(14(23)22(2)15(19)21-16)10-3-4-20-13(7-10)9-5-11(17)8-12(18)6-9/h3-8H,1-2H3,(H2,19,21). The summed E-state index contributed by atoms with van der Waals surface area (Å²) in [6.45, 7) is 1.75. The van der Waals surface area contributed by atoms with Gasteiger partial charge in [-0.25, -0.2) is 0 Å². The van der Waals surface area contributed by atoms with Crippen molar-refractivity contribution in [3.8, 4) is 11.3 Å². The number of carbonyl (C=O) groups is 1. The summed E-state index contributed by atoms with van der Waals surface area (Å²) in [5.41, 5.74) is 1.15. The Morgan fingerprint density at radius 2 is 1.87 bits per heavy atom. The molecule has 0 radical (unpaired) electrons. The van der Waals surface area contributed by atoms with Crippen molar-refractivity contribution in [2.24, 2.45) is 0 Å². The fourth-order valence-electron chi connectivity index (χ4n) is 2.61. The highest BCUT2D eigenvalue weighted by atomic mass is 35.5. The van der Waals surface area contributed by atoms with Crippen LogP contribution in [0.25, 0.3) is 11.3 Å². The largest absolute Gasteiger partial charge is 0.338 e. The van der Waals surface area contributed by atoms with Crippen molar-refractivity contribution in [1.82, 2.24) is 15.2 Å². The highest BCUT2D eigenvalue weighted by Gasteiger charge is 2.45. The average Bonchev–Trinajstić information content (AvgIpc) is 2.71. The number of benzene rings is 1. The number of likely N-dealkylation sites (N-methyl/N-ethyl adjacent to an activating group) is 1. The molecule has 1 atom stereocenters. The first-order chi connectivity index (χ1) is 10.8. The molecular formula is C16H14Cl2N4O. The summed E-state index contributed by atoms with van der Waals surface area (Å²) in [5.74, 6) is -0.120. The van der Waals surface area contributed by atoms with Crippen LogP contribution in [0.4, 0.5) is 0 Å². The molecule has 1 aromatic carbocycles. The molecule has 0 aliphatic carbocycles. The molecular weight excluding hydrogens is 335 g/mol. The van der Waals surface area contributed by atoms with Gasteiger partial charge in [-0.2, -0.15) is 0 Å². The summed E-state index contributed by atoms with van der Waals surface area (Å²) >= 11 is 12.1. The van der Waals surface area contributed by atoms with Crippen LogP contribution >= 0.6 is 23.2 Å². The molecule has 2 heterocycles. The van der Waals surface area contributed by atoms with Gasteiger partial charge in [-0.05, 0) is 42.8 Å². The minimum Gasteiger partial charge on any atom is -0.338 e. The van der Waals surface area contributed by atoms with Crippen LogP contribution in [-0.4, -0.2) is 28.8 Å². The second kappa shape index (κ2) is 5.51. The van der Waals surface area contributed by atoms with Crippen LogP contribution in [0, 0.1) is 5.41 Å². The molecule has 1 saturated heterocycles. The number of hydrogen-bond acceptors (Lipinski definition) is 3. The Labute approximate surface area is 143 Å². The number of nitrogens with zero attached hydrogens (tertiary/aromatic N) is 2. The fourth-order valence-corrected chi connectivity index (χ4v) is 3.13. The maximum atomic E-state index is 12.5. The van der Waals surface area contributed by atoms with Crippen LogP contribution in [0.3, 0.4) is 0 Å². The quantitative estimate of drug-likeness (QED) is 0.874. The van der Waals surface area contributed by atoms with E-state index in [1.807, 2.05) is 0 Å². The van der Waals surface area contributed by atoms with Crippen LogP contribution in [-0.2, 0) is 10.3 Å². The molecule has 2 N–H and O–H groups in total. The Balaban J connectivity index is 2.07. The van der Waals surface area contributed by atoms with E-state index in [0.29, 0.717) is 15.7 Å². The van der Waals surface area contributed by atoms with Gasteiger partial charge in [-0.3, -0.25) is 20.1 Å². The van der Waals surface area contributed by atoms with Gasteiger partial charge >= 0.3 is 0 Å². The lowest BCUT2D eigenvalue weighted by atomic mass is 9.91. The van der Waals surface area contributed by atoms with E-state index in [2.05, 4.69) is 10.3 Å². The zero-order valence-corrected chi connectivity index (χ0v) is 14.0. The van der Waals surface area contributed by atoms with Crippen molar-refractivity contribution in [3.05, 3.63) is 52.1 Å². The minimum atomic E-state index is -0.994. The molecule has 1 aliphatic heterocycles. The van der Waals surface area contributed by atoms with E-state index in [9.17, 15) is 4.79 Å². The highest BCUT2D eigenvalue weighted by Crippen LogP contribution is 2.31. The third-order valence-corrected chi connectivity index (χ3v) is 4.37. The molecule has 5 nitrogen and oxygen atoms in total. The van der Waals surface area contributed by atoms with Gasteiger partial charge in [0.2, 0.25) is 0 Å². The van der Waals surface area contributed by atoms with E-state index >= 15 is 0 Å². The molecule has 7 heteroatoms. The zero-order valence-electron chi connectivity index (χ0n) is 12.5. The molecule has 0 bridgehead atoms. The Morgan fingerprint density at radius 1 is 1.22 bits per heavy atom. The smallest absolute Gasteiger partial charge is 0.259 e.